The van der Waals surface area contributed by atoms with Crippen LogP contribution in [0.15, 0.2) is 47.6 Å². The molecule has 21 heavy (non-hydrogen) atoms. The minimum atomic E-state index is -0.640. The first-order chi connectivity index (χ1) is 10.1. The third-order valence-corrected chi connectivity index (χ3v) is 2.88. The van der Waals surface area contributed by atoms with Crippen molar-refractivity contribution in [1.29, 1.82) is 0 Å². The van der Waals surface area contributed by atoms with Crippen molar-refractivity contribution in [2.45, 2.75) is 13.0 Å². The fraction of sp³-hybridized carbons (Fsp3) is 0.133. The highest BCUT2D eigenvalue weighted by atomic mass is 19.1. The van der Waals surface area contributed by atoms with Crippen LogP contribution in [0.5, 0.6) is 5.75 Å². The van der Waals surface area contributed by atoms with Crippen molar-refractivity contribution < 1.29 is 18.7 Å². The monoisotopic (exact) mass is 292 g/mol. The summed E-state index contributed by atoms with van der Waals surface area (Å²) >= 11 is 0. The summed E-state index contributed by atoms with van der Waals surface area (Å²) in [6, 6.07) is 10.4. The summed E-state index contributed by atoms with van der Waals surface area (Å²) < 4.78 is 32.2. The van der Waals surface area contributed by atoms with Crippen molar-refractivity contribution in [1.82, 2.24) is 0 Å². The predicted molar refractivity (Wildman–Crippen MR) is 74.2 cm³/mol. The van der Waals surface area contributed by atoms with Crippen LogP contribution in [0.3, 0.4) is 0 Å². The van der Waals surface area contributed by atoms with Crippen LogP contribution in [0.25, 0.3) is 0 Å². The predicted octanol–water partition coefficient (Wildman–Crippen LogP) is 2.83. The molecule has 0 saturated carbocycles. The molecular formula is C15H14F2N2O2. The average Bonchev–Trinajstić information content (AvgIpc) is 2.48. The van der Waals surface area contributed by atoms with E-state index in [0.29, 0.717) is 12.2 Å². The van der Waals surface area contributed by atoms with Crippen LogP contribution in [0, 0.1) is 11.6 Å². The molecule has 4 nitrogen and oxygen atoms in total. The van der Waals surface area contributed by atoms with Crippen molar-refractivity contribution in [2.75, 3.05) is 0 Å². The van der Waals surface area contributed by atoms with Gasteiger partial charge in [0.05, 0.1) is 5.56 Å². The number of oxime groups is 1. The summed E-state index contributed by atoms with van der Waals surface area (Å²) in [7, 11) is 0. The first kappa shape index (κ1) is 14.8. The zero-order valence-corrected chi connectivity index (χ0v) is 11.1. The number of ether oxygens (including phenoxy) is 1. The molecule has 0 bridgehead atoms. The van der Waals surface area contributed by atoms with Gasteiger partial charge in [0.25, 0.3) is 0 Å². The van der Waals surface area contributed by atoms with Crippen molar-refractivity contribution in [3.63, 3.8) is 0 Å². The molecule has 0 aliphatic heterocycles. The molecule has 2 aromatic rings. The Morgan fingerprint density at radius 2 is 1.71 bits per heavy atom. The molecule has 0 aromatic heterocycles. The van der Waals surface area contributed by atoms with Crippen LogP contribution in [0.1, 0.15) is 11.1 Å². The second-order valence-electron chi connectivity index (χ2n) is 4.40. The standard InChI is InChI=1S/C15H14F2N2O2/c16-13-2-1-3-14(17)12(13)9-21-11-6-4-10(5-7-11)8-15(18)19-20/h1-7,20H,8-9H2,(H2,18,19). The Balaban J connectivity index is 2.01. The summed E-state index contributed by atoms with van der Waals surface area (Å²) in [5.41, 5.74) is 6.11. The second kappa shape index (κ2) is 6.69. The number of nitrogens with two attached hydrogens (primary N) is 1. The minimum Gasteiger partial charge on any atom is -0.489 e. The van der Waals surface area contributed by atoms with E-state index in [9.17, 15) is 8.78 Å². The molecule has 2 aromatic carbocycles. The van der Waals surface area contributed by atoms with Crippen molar-refractivity contribution >= 4 is 5.84 Å². The van der Waals surface area contributed by atoms with E-state index < -0.39 is 11.6 Å². The molecule has 0 heterocycles. The Morgan fingerprint density at radius 3 is 2.29 bits per heavy atom. The molecule has 0 unspecified atom stereocenters. The van der Waals surface area contributed by atoms with Crippen LogP contribution in [0.4, 0.5) is 8.78 Å². The number of hydrogen-bond donors (Lipinski definition) is 2. The lowest BCUT2D eigenvalue weighted by Crippen LogP contribution is -2.14. The van der Waals surface area contributed by atoms with Gasteiger partial charge in [-0.25, -0.2) is 8.78 Å². The van der Waals surface area contributed by atoms with Crippen LogP contribution in [-0.2, 0) is 13.0 Å². The van der Waals surface area contributed by atoms with Gasteiger partial charge in [-0.3, -0.25) is 0 Å². The Kier molecular flexibility index (Phi) is 4.71. The largest absolute Gasteiger partial charge is 0.489 e. The van der Waals surface area contributed by atoms with Crippen LogP contribution in [0.2, 0.25) is 0 Å². The number of rotatable bonds is 5. The smallest absolute Gasteiger partial charge is 0.143 e. The third kappa shape index (κ3) is 3.92. The molecule has 0 saturated heterocycles. The van der Waals surface area contributed by atoms with E-state index in [2.05, 4.69) is 5.16 Å². The van der Waals surface area contributed by atoms with Crippen molar-refractivity contribution in [2.24, 2.45) is 10.9 Å². The molecule has 2 rings (SSSR count). The molecular weight excluding hydrogens is 278 g/mol. The molecule has 0 fully saturated rings. The lowest BCUT2D eigenvalue weighted by Gasteiger charge is -2.08. The van der Waals surface area contributed by atoms with E-state index in [4.69, 9.17) is 15.7 Å². The maximum Gasteiger partial charge on any atom is 0.143 e. The quantitative estimate of drug-likeness (QED) is 0.385. The molecule has 0 aliphatic carbocycles. The van der Waals surface area contributed by atoms with Gasteiger partial charge in [-0.05, 0) is 29.8 Å². The Labute approximate surface area is 120 Å². The topological polar surface area (TPSA) is 67.8 Å². The maximum absolute atomic E-state index is 13.4. The molecule has 0 atom stereocenters. The summed E-state index contributed by atoms with van der Waals surface area (Å²) in [4.78, 5) is 0. The van der Waals surface area contributed by atoms with Gasteiger partial charge in [-0.15, -0.1) is 0 Å². The molecule has 0 spiro atoms. The van der Waals surface area contributed by atoms with Gasteiger partial charge in [-0.2, -0.15) is 0 Å². The summed E-state index contributed by atoms with van der Waals surface area (Å²) in [5, 5.41) is 11.4. The van der Waals surface area contributed by atoms with Crippen LogP contribution < -0.4 is 10.5 Å². The van der Waals surface area contributed by atoms with Gasteiger partial charge in [0.15, 0.2) is 0 Å². The Bertz CT molecular complexity index is 622. The molecule has 3 N–H and O–H groups in total. The second-order valence-corrected chi connectivity index (χ2v) is 4.40. The summed E-state index contributed by atoms with van der Waals surface area (Å²) in [5.74, 6) is -0.713. The van der Waals surface area contributed by atoms with Crippen molar-refractivity contribution in [3.8, 4) is 5.75 Å². The number of hydrogen-bond acceptors (Lipinski definition) is 3. The lowest BCUT2D eigenvalue weighted by atomic mass is 10.1. The van der Waals surface area contributed by atoms with Gasteiger partial charge in [0, 0.05) is 6.42 Å². The van der Waals surface area contributed by atoms with Crippen LogP contribution >= 0.6 is 0 Å². The van der Waals surface area contributed by atoms with E-state index in [0.717, 1.165) is 5.56 Å². The van der Waals surface area contributed by atoms with E-state index in [1.54, 1.807) is 24.3 Å². The van der Waals surface area contributed by atoms with Gasteiger partial charge < -0.3 is 15.7 Å². The minimum absolute atomic E-state index is 0.0945. The number of amidine groups is 1. The molecule has 0 radical (unpaired) electrons. The third-order valence-electron chi connectivity index (χ3n) is 2.88. The highest BCUT2D eigenvalue weighted by Gasteiger charge is 2.09. The Morgan fingerprint density at radius 1 is 1.10 bits per heavy atom. The van der Waals surface area contributed by atoms with Gasteiger partial charge >= 0.3 is 0 Å². The lowest BCUT2D eigenvalue weighted by molar-refractivity contribution is 0.292. The first-order valence-electron chi connectivity index (χ1n) is 6.21. The van der Waals surface area contributed by atoms with E-state index >= 15 is 0 Å². The van der Waals surface area contributed by atoms with Crippen molar-refractivity contribution in [3.05, 3.63) is 65.2 Å². The zero-order valence-electron chi connectivity index (χ0n) is 11.1. The normalized spacial score (nSPS) is 11.4. The summed E-state index contributed by atoms with van der Waals surface area (Å²) in [6.07, 6.45) is 0.304. The van der Waals surface area contributed by atoms with E-state index in [1.807, 2.05) is 0 Å². The molecule has 0 amide bonds. The first-order valence-corrected chi connectivity index (χ1v) is 6.21. The number of benzene rings is 2. The summed E-state index contributed by atoms with van der Waals surface area (Å²) in [6.45, 7) is -0.196. The number of nitrogens with zero attached hydrogens (tertiary/aromatic N) is 1. The average molecular weight is 292 g/mol. The highest BCUT2D eigenvalue weighted by Crippen LogP contribution is 2.17. The molecule has 0 aliphatic rings. The zero-order chi connectivity index (χ0) is 15.2. The highest BCUT2D eigenvalue weighted by molar-refractivity contribution is 5.82. The molecule has 110 valence electrons. The SMILES string of the molecule is N/C(Cc1ccc(OCc2c(F)cccc2F)cc1)=N/O. The number of halogens is 2. The molecule has 6 heteroatoms. The Hall–Kier alpha value is -2.63. The van der Waals surface area contributed by atoms with Gasteiger partial charge in [0.2, 0.25) is 0 Å². The fourth-order valence-corrected chi connectivity index (χ4v) is 1.77. The van der Waals surface area contributed by atoms with Crippen LogP contribution in [-0.4, -0.2) is 11.0 Å². The van der Waals surface area contributed by atoms with E-state index in [1.165, 1.54) is 18.2 Å². The van der Waals surface area contributed by atoms with Gasteiger partial charge in [0.1, 0.15) is 29.8 Å². The van der Waals surface area contributed by atoms with Gasteiger partial charge in [-0.1, -0.05) is 23.4 Å². The van der Waals surface area contributed by atoms with E-state index in [-0.39, 0.29) is 18.0 Å². The fourth-order valence-electron chi connectivity index (χ4n) is 1.77. The maximum atomic E-state index is 13.4.